The number of hydrogen-bond donors (Lipinski definition) is 0. The molecule has 1 saturated heterocycles. The van der Waals surface area contributed by atoms with Crippen LogP contribution in [0.15, 0.2) is 29.9 Å². The van der Waals surface area contributed by atoms with Crippen LogP contribution in [0, 0.1) is 6.92 Å². The van der Waals surface area contributed by atoms with Crippen molar-refractivity contribution in [1.82, 2.24) is 20.0 Å². The molecule has 2 aromatic rings. The van der Waals surface area contributed by atoms with Gasteiger partial charge < -0.3 is 14.2 Å². The summed E-state index contributed by atoms with van der Waals surface area (Å²) in [5.41, 5.74) is 6.53. The first kappa shape index (κ1) is 22.4. The maximum Gasteiger partial charge on any atom is 0.330 e. The van der Waals surface area contributed by atoms with E-state index < -0.39 is 0 Å². The van der Waals surface area contributed by atoms with Crippen LogP contribution in [-0.2, 0) is 32.7 Å². The first-order valence-corrected chi connectivity index (χ1v) is 11.1. The van der Waals surface area contributed by atoms with Crippen LogP contribution in [-0.4, -0.2) is 46.0 Å². The molecule has 0 spiro atoms. The maximum absolute atomic E-state index is 11.6. The van der Waals surface area contributed by atoms with Gasteiger partial charge in [0.15, 0.2) is 6.29 Å². The van der Waals surface area contributed by atoms with Crippen molar-refractivity contribution in [2.45, 2.75) is 58.3 Å². The molecule has 4 rings (SSSR count). The molecular formula is C24H30N4O4. The Morgan fingerprint density at radius 3 is 2.91 bits per heavy atom. The monoisotopic (exact) mass is 438 g/mol. The number of aromatic nitrogens is 4. The van der Waals surface area contributed by atoms with Crippen molar-refractivity contribution in [3.63, 3.8) is 0 Å². The van der Waals surface area contributed by atoms with Crippen LogP contribution in [0.5, 0.6) is 0 Å². The van der Waals surface area contributed by atoms with Gasteiger partial charge in [-0.2, -0.15) is 0 Å². The molecule has 170 valence electrons. The fraction of sp³-hybridized carbons (Fsp3) is 0.500. The Balaban J connectivity index is 1.55. The summed E-state index contributed by atoms with van der Waals surface area (Å²) in [7, 11) is 3.26. The lowest BCUT2D eigenvalue weighted by atomic mass is 9.89. The van der Waals surface area contributed by atoms with Crippen molar-refractivity contribution in [2.75, 3.05) is 13.7 Å². The van der Waals surface area contributed by atoms with Gasteiger partial charge >= 0.3 is 5.97 Å². The van der Waals surface area contributed by atoms with Crippen molar-refractivity contribution in [3.8, 4) is 11.4 Å². The zero-order valence-corrected chi connectivity index (χ0v) is 19.0. The quantitative estimate of drug-likeness (QED) is 0.499. The van der Waals surface area contributed by atoms with Gasteiger partial charge in [-0.15, -0.1) is 5.10 Å². The van der Waals surface area contributed by atoms with E-state index in [9.17, 15) is 4.79 Å². The molecular weight excluding hydrogens is 408 g/mol. The number of carbonyl (C=O) groups excluding carboxylic acids is 1. The molecule has 1 fully saturated rings. The fourth-order valence-electron chi connectivity index (χ4n) is 4.17. The largest absolute Gasteiger partial charge is 0.466 e. The fourth-order valence-corrected chi connectivity index (χ4v) is 4.17. The molecule has 0 aromatic carbocycles. The minimum atomic E-state index is -0.321. The van der Waals surface area contributed by atoms with Gasteiger partial charge in [-0.05, 0) is 68.2 Å². The number of carbonyl (C=O) groups is 1. The summed E-state index contributed by atoms with van der Waals surface area (Å²) < 4.78 is 18.1. The van der Waals surface area contributed by atoms with Crippen LogP contribution in [0.25, 0.3) is 17.0 Å². The zero-order chi connectivity index (χ0) is 22.5. The van der Waals surface area contributed by atoms with Crippen molar-refractivity contribution < 1.29 is 19.0 Å². The molecule has 0 bridgehead atoms. The number of esters is 1. The smallest absolute Gasteiger partial charge is 0.330 e. The zero-order valence-electron chi connectivity index (χ0n) is 19.0. The highest BCUT2D eigenvalue weighted by Crippen LogP contribution is 2.32. The first-order chi connectivity index (χ1) is 15.5. The molecule has 1 atom stereocenters. The molecule has 1 aliphatic carbocycles. The van der Waals surface area contributed by atoms with E-state index in [0.29, 0.717) is 6.61 Å². The lowest BCUT2D eigenvalue weighted by Crippen LogP contribution is -2.22. The van der Waals surface area contributed by atoms with Gasteiger partial charge in [-0.25, -0.2) is 9.48 Å². The van der Waals surface area contributed by atoms with Crippen LogP contribution in [0.2, 0.25) is 0 Å². The number of allylic oxidation sites excluding steroid dienone is 3. The van der Waals surface area contributed by atoms with E-state index >= 15 is 0 Å². The molecule has 8 heteroatoms. The molecule has 32 heavy (non-hydrogen) atoms. The summed E-state index contributed by atoms with van der Waals surface area (Å²) in [5.74, 6) is -0.321. The number of ether oxygens (including phenoxy) is 3. The molecule has 1 unspecified atom stereocenters. The van der Waals surface area contributed by atoms with E-state index in [2.05, 4.69) is 22.5 Å². The molecule has 0 saturated carbocycles. The van der Waals surface area contributed by atoms with Crippen LogP contribution >= 0.6 is 0 Å². The molecule has 8 nitrogen and oxygen atoms in total. The minimum absolute atomic E-state index is 0.172. The summed E-state index contributed by atoms with van der Waals surface area (Å²) in [5, 5.41) is 8.53. The van der Waals surface area contributed by atoms with Crippen molar-refractivity contribution in [2.24, 2.45) is 7.05 Å². The Morgan fingerprint density at radius 2 is 2.16 bits per heavy atom. The summed E-state index contributed by atoms with van der Waals surface area (Å²) >= 11 is 0. The molecule has 0 radical (unpaired) electrons. The minimum Gasteiger partial charge on any atom is -0.466 e. The van der Waals surface area contributed by atoms with Gasteiger partial charge in [0.25, 0.3) is 0 Å². The van der Waals surface area contributed by atoms with Crippen LogP contribution in [0.3, 0.4) is 0 Å². The van der Waals surface area contributed by atoms with Gasteiger partial charge in [-0.3, -0.25) is 4.98 Å². The molecule has 0 amide bonds. The van der Waals surface area contributed by atoms with E-state index in [4.69, 9.17) is 19.2 Å². The van der Waals surface area contributed by atoms with Crippen molar-refractivity contribution >= 4 is 11.5 Å². The lowest BCUT2D eigenvalue weighted by Gasteiger charge is -2.22. The highest BCUT2D eigenvalue weighted by Gasteiger charge is 2.20. The van der Waals surface area contributed by atoms with E-state index in [1.54, 1.807) is 10.8 Å². The number of pyridine rings is 1. The SMILES string of the molecule is COC(=O)/C=C1\C=C(c2ccc(-c3nnn(C)c3COC3CCCCO3)nc2C)CCC1. The Morgan fingerprint density at radius 1 is 1.28 bits per heavy atom. The molecule has 0 N–H and O–H groups in total. The second kappa shape index (κ2) is 10.2. The van der Waals surface area contributed by atoms with Gasteiger partial charge in [0, 0.05) is 25.4 Å². The second-order valence-electron chi connectivity index (χ2n) is 8.21. The van der Waals surface area contributed by atoms with E-state index in [0.717, 1.165) is 79.0 Å². The topological polar surface area (TPSA) is 88.4 Å². The molecule has 2 aromatic heterocycles. The molecule has 2 aliphatic rings. The van der Waals surface area contributed by atoms with Crippen LogP contribution < -0.4 is 0 Å². The number of nitrogens with zero attached hydrogens (tertiary/aromatic N) is 4. The third-order valence-electron chi connectivity index (χ3n) is 5.94. The number of hydrogen-bond acceptors (Lipinski definition) is 7. The average molecular weight is 439 g/mol. The highest BCUT2D eigenvalue weighted by molar-refractivity contribution is 5.84. The molecule has 1 aliphatic heterocycles. The third-order valence-corrected chi connectivity index (χ3v) is 5.94. The third kappa shape index (κ3) is 5.14. The number of rotatable bonds is 6. The lowest BCUT2D eigenvalue weighted by molar-refractivity contribution is -0.169. The Kier molecular flexibility index (Phi) is 7.12. The predicted octanol–water partition coefficient (Wildman–Crippen LogP) is 3.90. The summed E-state index contributed by atoms with van der Waals surface area (Å²) in [6, 6.07) is 4.06. The van der Waals surface area contributed by atoms with Gasteiger partial charge in [0.1, 0.15) is 5.69 Å². The Bertz CT molecular complexity index is 1030. The maximum atomic E-state index is 11.6. The van der Waals surface area contributed by atoms with Gasteiger partial charge in [-0.1, -0.05) is 17.4 Å². The van der Waals surface area contributed by atoms with Gasteiger partial charge in [0.2, 0.25) is 0 Å². The van der Waals surface area contributed by atoms with E-state index in [1.165, 1.54) is 12.7 Å². The second-order valence-corrected chi connectivity index (χ2v) is 8.21. The molecule has 3 heterocycles. The number of methoxy groups -OCH3 is 1. The van der Waals surface area contributed by atoms with Crippen LogP contribution in [0.4, 0.5) is 0 Å². The summed E-state index contributed by atoms with van der Waals surface area (Å²) in [6.45, 7) is 3.12. The van der Waals surface area contributed by atoms with Crippen molar-refractivity contribution in [3.05, 3.63) is 46.8 Å². The Hall–Kier alpha value is -2.84. The van der Waals surface area contributed by atoms with E-state index in [1.807, 2.05) is 20.0 Å². The number of aryl methyl sites for hydroxylation is 2. The first-order valence-electron chi connectivity index (χ1n) is 11.1. The van der Waals surface area contributed by atoms with Crippen molar-refractivity contribution in [1.29, 1.82) is 0 Å². The van der Waals surface area contributed by atoms with Gasteiger partial charge in [0.05, 0.1) is 25.1 Å². The normalized spacial score (nSPS) is 20.3. The highest BCUT2D eigenvalue weighted by atomic mass is 16.7. The standard InChI is InChI=1S/C24H30N4O4/c1-16-19(18-8-6-7-17(13-18)14-22(29)30-3)10-11-20(25-16)24-21(28(2)27-26-24)15-32-23-9-4-5-12-31-23/h10-11,13-14,23H,4-9,12,15H2,1-3H3/b17-14-. The Labute approximate surface area is 188 Å². The summed E-state index contributed by atoms with van der Waals surface area (Å²) in [6.07, 6.45) is 9.41. The predicted molar refractivity (Wildman–Crippen MR) is 119 cm³/mol. The van der Waals surface area contributed by atoms with E-state index in [-0.39, 0.29) is 12.3 Å². The summed E-state index contributed by atoms with van der Waals surface area (Å²) in [4.78, 5) is 16.4. The van der Waals surface area contributed by atoms with Crippen LogP contribution in [0.1, 0.15) is 55.5 Å². The average Bonchev–Trinajstić information content (AvgIpc) is 3.18.